The third-order valence-electron chi connectivity index (χ3n) is 3.20. The van der Waals surface area contributed by atoms with Gasteiger partial charge in [-0.3, -0.25) is 15.0 Å². The quantitative estimate of drug-likeness (QED) is 0.923. The number of anilines is 1. The van der Waals surface area contributed by atoms with E-state index < -0.39 is 6.03 Å². The van der Waals surface area contributed by atoms with Crippen LogP contribution in [0.2, 0.25) is 0 Å². The highest BCUT2D eigenvalue weighted by Gasteiger charge is 2.27. The molecule has 1 aromatic heterocycles. The van der Waals surface area contributed by atoms with Crippen molar-refractivity contribution < 1.29 is 18.8 Å². The molecule has 1 saturated heterocycles. The lowest BCUT2D eigenvalue weighted by Gasteiger charge is -2.25. The summed E-state index contributed by atoms with van der Waals surface area (Å²) in [6.45, 7) is 9.38. The molecule has 0 spiro atoms. The molecule has 23 heavy (non-hydrogen) atoms. The van der Waals surface area contributed by atoms with E-state index in [1.54, 1.807) is 19.1 Å². The van der Waals surface area contributed by atoms with Crippen LogP contribution in [0, 0.1) is 0 Å². The molecule has 124 valence electrons. The molecule has 0 atom stereocenters. The van der Waals surface area contributed by atoms with Gasteiger partial charge in [0.05, 0.1) is 5.69 Å². The second-order valence-corrected chi connectivity index (χ2v) is 4.91. The molecule has 0 unspecified atom stereocenters. The minimum atomic E-state index is -0.429. The predicted molar refractivity (Wildman–Crippen MR) is 90.0 cm³/mol. The zero-order valence-electron chi connectivity index (χ0n) is 13.7. The van der Waals surface area contributed by atoms with Crippen LogP contribution in [-0.4, -0.2) is 24.3 Å². The SMILES string of the molecule is C=Cc1c(N2CCC(=O)NC2=O)coc1/C=C\C.CCC(C)=O. The molecule has 6 heteroatoms. The van der Waals surface area contributed by atoms with Gasteiger partial charge in [0.1, 0.15) is 17.8 Å². The van der Waals surface area contributed by atoms with Gasteiger partial charge in [0.25, 0.3) is 0 Å². The number of allylic oxidation sites excluding steroid dienone is 1. The second-order valence-electron chi connectivity index (χ2n) is 4.91. The number of imide groups is 1. The Labute approximate surface area is 135 Å². The van der Waals surface area contributed by atoms with Gasteiger partial charge in [0.15, 0.2) is 0 Å². The van der Waals surface area contributed by atoms with Crippen molar-refractivity contribution in [2.75, 3.05) is 11.4 Å². The molecule has 0 saturated carbocycles. The van der Waals surface area contributed by atoms with Crippen LogP contribution in [0.25, 0.3) is 12.2 Å². The summed E-state index contributed by atoms with van der Waals surface area (Å²) in [5.74, 6) is 0.644. The highest BCUT2D eigenvalue weighted by atomic mass is 16.3. The van der Waals surface area contributed by atoms with Gasteiger partial charge in [0.2, 0.25) is 5.91 Å². The summed E-state index contributed by atoms with van der Waals surface area (Å²) in [4.78, 5) is 34.1. The molecule has 1 N–H and O–H groups in total. The van der Waals surface area contributed by atoms with Gasteiger partial charge in [-0.05, 0) is 19.9 Å². The molecule has 0 bridgehead atoms. The number of hydrogen-bond acceptors (Lipinski definition) is 4. The number of rotatable bonds is 4. The number of Topliss-reactive ketones (excluding diaryl/α,β-unsaturated/α-hetero) is 1. The average Bonchev–Trinajstić information content (AvgIpc) is 2.91. The fourth-order valence-electron chi connectivity index (χ4n) is 1.86. The van der Waals surface area contributed by atoms with E-state index in [-0.39, 0.29) is 18.1 Å². The Bertz CT molecular complexity index is 629. The Kier molecular flexibility index (Phi) is 6.99. The van der Waals surface area contributed by atoms with E-state index in [2.05, 4.69) is 11.9 Å². The van der Waals surface area contributed by atoms with Crippen molar-refractivity contribution in [3.05, 3.63) is 30.2 Å². The van der Waals surface area contributed by atoms with Crippen LogP contribution in [0.15, 0.2) is 23.3 Å². The molecule has 1 aromatic rings. The predicted octanol–water partition coefficient (Wildman–Crippen LogP) is 3.39. The zero-order chi connectivity index (χ0) is 17.4. The first-order valence-electron chi connectivity index (χ1n) is 7.41. The van der Waals surface area contributed by atoms with Crippen molar-refractivity contribution >= 4 is 35.6 Å². The number of nitrogens with zero attached hydrogens (tertiary/aromatic N) is 1. The summed E-state index contributed by atoms with van der Waals surface area (Å²) in [5, 5.41) is 2.27. The molecular formula is C17H22N2O4. The molecule has 3 amide bonds. The summed E-state index contributed by atoms with van der Waals surface area (Å²) in [6.07, 6.45) is 7.73. The van der Waals surface area contributed by atoms with Gasteiger partial charge in [-0.1, -0.05) is 25.7 Å². The topological polar surface area (TPSA) is 79.6 Å². The van der Waals surface area contributed by atoms with Gasteiger partial charge in [0, 0.05) is 24.9 Å². The van der Waals surface area contributed by atoms with Crippen molar-refractivity contribution in [1.82, 2.24) is 5.32 Å². The maximum absolute atomic E-state index is 11.7. The molecule has 6 nitrogen and oxygen atoms in total. The first kappa shape index (κ1) is 18.4. The number of carbonyl (C=O) groups excluding carboxylic acids is 3. The van der Waals surface area contributed by atoms with Crippen LogP contribution < -0.4 is 10.2 Å². The number of carbonyl (C=O) groups is 3. The van der Waals surface area contributed by atoms with Crippen molar-refractivity contribution in [2.24, 2.45) is 0 Å². The van der Waals surface area contributed by atoms with Crippen molar-refractivity contribution in [1.29, 1.82) is 0 Å². The molecule has 0 aromatic carbocycles. The summed E-state index contributed by atoms with van der Waals surface area (Å²) < 4.78 is 5.39. The van der Waals surface area contributed by atoms with Crippen molar-refractivity contribution in [3.8, 4) is 0 Å². The van der Waals surface area contributed by atoms with E-state index in [1.165, 1.54) is 11.2 Å². The molecular weight excluding hydrogens is 296 g/mol. The van der Waals surface area contributed by atoms with Gasteiger partial charge in [-0.25, -0.2) is 4.79 Å². The lowest BCUT2D eigenvalue weighted by atomic mass is 10.1. The first-order chi connectivity index (χ1) is 10.9. The maximum atomic E-state index is 11.7. The Hall–Kier alpha value is -2.63. The molecule has 0 radical (unpaired) electrons. The summed E-state index contributed by atoms with van der Waals surface area (Å²) in [5.41, 5.74) is 1.38. The van der Waals surface area contributed by atoms with Gasteiger partial charge >= 0.3 is 6.03 Å². The molecule has 0 aliphatic carbocycles. The Morgan fingerprint density at radius 2 is 2.13 bits per heavy atom. The van der Waals surface area contributed by atoms with E-state index in [0.29, 0.717) is 24.4 Å². The van der Waals surface area contributed by atoms with Crippen molar-refractivity contribution in [2.45, 2.75) is 33.6 Å². The number of nitrogens with one attached hydrogen (secondary N) is 1. The molecule has 1 aliphatic heterocycles. The Morgan fingerprint density at radius 1 is 1.48 bits per heavy atom. The Morgan fingerprint density at radius 3 is 2.61 bits per heavy atom. The van der Waals surface area contributed by atoms with Gasteiger partial charge < -0.3 is 9.21 Å². The molecule has 1 fully saturated rings. The monoisotopic (exact) mass is 318 g/mol. The van der Waals surface area contributed by atoms with Crippen LogP contribution in [0.3, 0.4) is 0 Å². The fraction of sp³-hybridized carbons (Fsp3) is 0.353. The van der Waals surface area contributed by atoms with Gasteiger partial charge in [-0.2, -0.15) is 0 Å². The number of furan rings is 1. The minimum Gasteiger partial charge on any atom is -0.462 e. The smallest absolute Gasteiger partial charge is 0.328 e. The standard InChI is InChI=1S/C13H14N2O3.C4H8O/c1-3-5-11-9(4-2)10(8-18-11)15-7-6-12(16)14-13(15)17;1-3-4(2)5/h3-5,8H,2,6-7H2,1H3,(H,14,16,17);3H2,1-2H3/b5-3-;. The summed E-state index contributed by atoms with van der Waals surface area (Å²) >= 11 is 0. The number of urea groups is 1. The highest BCUT2D eigenvalue weighted by molar-refractivity contribution is 6.06. The minimum absolute atomic E-state index is 0.255. The van der Waals surface area contributed by atoms with Crippen LogP contribution >= 0.6 is 0 Å². The fourth-order valence-corrected chi connectivity index (χ4v) is 1.86. The normalized spacial score (nSPS) is 14.3. The van der Waals surface area contributed by atoms with E-state index in [4.69, 9.17) is 4.42 Å². The second kappa shape index (κ2) is 8.73. The lowest BCUT2D eigenvalue weighted by molar-refractivity contribution is -0.120. The first-order valence-corrected chi connectivity index (χ1v) is 7.41. The lowest BCUT2D eigenvalue weighted by Crippen LogP contribution is -2.49. The van der Waals surface area contributed by atoms with Gasteiger partial charge in [-0.15, -0.1) is 0 Å². The molecule has 2 rings (SSSR count). The number of hydrogen-bond donors (Lipinski definition) is 1. The van der Waals surface area contributed by atoms with Crippen LogP contribution in [0.1, 0.15) is 44.9 Å². The van der Waals surface area contributed by atoms with E-state index in [9.17, 15) is 14.4 Å². The average molecular weight is 318 g/mol. The van der Waals surface area contributed by atoms with Crippen LogP contribution in [0.5, 0.6) is 0 Å². The van der Waals surface area contributed by atoms with E-state index in [1.807, 2.05) is 19.9 Å². The number of ketones is 1. The van der Waals surface area contributed by atoms with Crippen LogP contribution in [-0.2, 0) is 9.59 Å². The third-order valence-corrected chi connectivity index (χ3v) is 3.20. The molecule has 2 heterocycles. The maximum Gasteiger partial charge on any atom is 0.328 e. The molecule has 1 aliphatic rings. The number of amides is 3. The van der Waals surface area contributed by atoms with E-state index >= 15 is 0 Å². The van der Waals surface area contributed by atoms with Crippen molar-refractivity contribution in [3.63, 3.8) is 0 Å². The van der Waals surface area contributed by atoms with E-state index in [0.717, 1.165) is 5.56 Å². The highest BCUT2D eigenvalue weighted by Crippen LogP contribution is 2.29. The third kappa shape index (κ3) is 4.95. The largest absolute Gasteiger partial charge is 0.462 e. The summed E-state index contributed by atoms with van der Waals surface area (Å²) in [6, 6.07) is -0.429. The summed E-state index contributed by atoms with van der Waals surface area (Å²) in [7, 11) is 0. The Balaban J connectivity index is 0.000000463. The zero-order valence-corrected chi connectivity index (χ0v) is 13.7. The van der Waals surface area contributed by atoms with Crippen LogP contribution in [0.4, 0.5) is 10.5 Å².